The van der Waals surface area contributed by atoms with Crippen LogP contribution in [-0.2, 0) is 13.0 Å². The monoisotopic (exact) mass is 241 g/mol. The SMILES string of the molecule is CC(C)(C)Cc1cc2c([nH]1)COc1ccccc1-2. The highest BCUT2D eigenvalue weighted by atomic mass is 16.5. The predicted octanol–water partition coefficient (Wildman–Crippen LogP) is 4.16. The van der Waals surface area contributed by atoms with Gasteiger partial charge in [-0.15, -0.1) is 0 Å². The topological polar surface area (TPSA) is 25.0 Å². The number of fused-ring (bicyclic) bond motifs is 3. The smallest absolute Gasteiger partial charge is 0.129 e. The van der Waals surface area contributed by atoms with Crippen LogP contribution < -0.4 is 4.74 Å². The highest BCUT2D eigenvalue weighted by Crippen LogP contribution is 2.38. The van der Waals surface area contributed by atoms with Crippen LogP contribution in [0, 0.1) is 5.41 Å². The summed E-state index contributed by atoms with van der Waals surface area (Å²) in [7, 11) is 0. The molecule has 2 heterocycles. The minimum Gasteiger partial charge on any atom is -0.487 e. The Hall–Kier alpha value is -1.70. The molecule has 0 radical (unpaired) electrons. The largest absolute Gasteiger partial charge is 0.487 e. The van der Waals surface area contributed by atoms with Crippen LogP contribution >= 0.6 is 0 Å². The summed E-state index contributed by atoms with van der Waals surface area (Å²) in [6.45, 7) is 7.43. The molecular formula is C16H19NO. The number of ether oxygens (including phenoxy) is 1. The fourth-order valence-corrected chi connectivity index (χ4v) is 2.54. The Balaban J connectivity index is 2.02. The average Bonchev–Trinajstić information content (AvgIpc) is 2.69. The number of benzene rings is 1. The van der Waals surface area contributed by atoms with Crippen LogP contribution in [0.4, 0.5) is 0 Å². The number of nitrogens with one attached hydrogen (secondary N) is 1. The van der Waals surface area contributed by atoms with Crippen molar-refractivity contribution in [3.8, 4) is 16.9 Å². The fourth-order valence-electron chi connectivity index (χ4n) is 2.54. The van der Waals surface area contributed by atoms with Crippen molar-refractivity contribution < 1.29 is 4.74 Å². The van der Waals surface area contributed by atoms with E-state index in [0.29, 0.717) is 12.0 Å². The number of H-pyrrole nitrogens is 1. The zero-order chi connectivity index (χ0) is 12.8. The summed E-state index contributed by atoms with van der Waals surface area (Å²) in [6, 6.07) is 10.5. The zero-order valence-electron chi connectivity index (χ0n) is 11.2. The molecule has 0 fully saturated rings. The Bertz CT molecular complexity index is 575. The van der Waals surface area contributed by atoms with Crippen LogP contribution in [-0.4, -0.2) is 4.98 Å². The lowest BCUT2D eigenvalue weighted by Crippen LogP contribution is -2.09. The number of rotatable bonds is 1. The highest BCUT2D eigenvalue weighted by molar-refractivity contribution is 5.74. The van der Waals surface area contributed by atoms with Crippen molar-refractivity contribution in [2.45, 2.75) is 33.8 Å². The van der Waals surface area contributed by atoms with Gasteiger partial charge in [-0.25, -0.2) is 0 Å². The van der Waals surface area contributed by atoms with Crippen molar-refractivity contribution in [3.63, 3.8) is 0 Å². The third-order valence-corrected chi connectivity index (χ3v) is 3.23. The van der Waals surface area contributed by atoms with Gasteiger partial charge in [0, 0.05) is 16.8 Å². The Kier molecular flexibility index (Phi) is 2.47. The molecule has 1 aromatic carbocycles. The summed E-state index contributed by atoms with van der Waals surface area (Å²) in [4.78, 5) is 3.51. The molecule has 0 atom stereocenters. The van der Waals surface area contributed by atoms with Gasteiger partial charge in [0.05, 0.1) is 5.69 Å². The summed E-state index contributed by atoms with van der Waals surface area (Å²) >= 11 is 0. The van der Waals surface area contributed by atoms with Crippen molar-refractivity contribution >= 4 is 0 Å². The summed E-state index contributed by atoms with van der Waals surface area (Å²) in [5.74, 6) is 0.992. The van der Waals surface area contributed by atoms with E-state index in [1.54, 1.807) is 0 Å². The minimum absolute atomic E-state index is 0.299. The highest BCUT2D eigenvalue weighted by Gasteiger charge is 2.21. The van der Waals surface area contributed by atoms with E-state index >= 15 is 0 Å². The molecule has 1 N–H and O–H groups in total. The van der Waals surface area contributed by atoms with Crippen LogP contribution in [0.15, 0.2) is 30.3 Å². The summed E-state index contributed by atoms with van der Waals surface area (Å²) in [5.41, 5.74) is 5.31. The molecule has 2 nitrogen and oxygen atoms in total. The van der Waals surface area contributed by atoms with E-state index in [9.17, 15) is 0 Å². The van der Waals surface area contributed by atoms with Crippen LogP contribution in [0.3, 0.4) is 0 Å². The Morgan fingerprint density at radius 2 is 1.94 bits per heavy atom. The average molecular weight is 241 g/mol. The second kappa shape index (κ2) is 3.91. The summed E-state index contributed by atoms with van der Waals surface area (Å²) in [5, 5.41) is 0. The first kappa shape index (κ1) is 11.4. The molecule has 0 saturated heterocycles. The van der Waals surface area contributed by atoms with E-state index in [2.05, 4.69) is 44.0 Å². The normalized spacial score (nSPS) is 13.7. The molecule has 1 aromatic heterocycles. The number of aromatic amines is 1. The summed E-state index contributed by atoms with van der Waals surface area (Å²) < 4.78 is 5.76. The molecule has 18 heavy (non-hydrogen) atoms. The van der Waals surface area contributed by atoms with Crippen LogP contribution in [0.2, 0.25) is 0 Å². The quantitative estimate of drug-likeness (QED) is 0.796. The fraction of sp³-hybridized carbons (Fsp3) is 0.375. The van der Waals surface area contributed by atoms with Gasteiger partial charge in [-0.05, 0) is 24.0 Å². The standard InChI is InChI=1S/C16H19NO/c1-16(2,3)9-11-8-13-12-6-4-5-7-15(12)18-10-14(13)17-11/h4-8,17H,9-10H2,1-3H3. The molecule has 0 spiro atoms. The Labute approximate surface area is 108 Å². The van der Waals surface area contributed by atoms with Gasteiger partial charge in [-0.3, -0.25) is 0 Å². The van der Waals surface area contributed by atoms with E-state index in [1.807, 2.05) is 12.1 Å². The van der Waals surface area contributed by atoms with Gasteiger partial charge in [0.2, 0.25) is 0 Å². The van der Waals surface area contributed by atoms with Crippen molar-refractivity contribution in [3.05, 3.63) is 41.7 Å². The Morgan fingerprint density at radius 3 is 2.72 bits per heavy atom. The molecule has 2 heteroatoms. The minimum atomic E-state index is 0.299. The van der Waals surface area contributed by atoms with Crippen LogP contribution in [0.25, 0.3) is 11.1 Å². The van der Waals surface area contributed by atoms with Crippen LogP contribution in [0.5, 0.6) is 5.75 Å². The molecule has 1 aliphatic heterocycles. The number of hydrogen-bond acceptors (Lipinski definition) is 1. The number of hydrogen-bond donors (Lipinski definition) is 1. The lowest BCUT2D eigenvalue weighted by molar-refractivity contribution is 0.297. The summed E-state index contributed by atoms with van der Waals surface area (Å²) in [6.07, 6.45) is 1.06. The lowest BCUT2D eigenvalue weighted by Gasteiger charge is -2.17. The number of para-hydroxylation sites is 1. The maximum atomic E-state index is 5.76. The van der Waals surface area contributed by atoms with E-state index in [1.165, 1.54) is 22.5 Å². The predicted molar refractivity (Wildman–Crippen MR) is 73.7 cm³/mol. The molecular weight excluding hydrogens is 222 g/mol. The van der Waals surface area contributed by atoms with Gasteiger partial charge in [-0.2, -0.15) is 0 Å². The Morgan fingerprint density at radius 1 is 1.17 bits per heavy atom. The molecule has 0 unspecified atom stereocenters. The molecule has 0 amide bonds. The second-order valence-electron chi connectivity index (χ2n) is 6.21. The molecule has 0 bridgehead atoms. The maximum Gasteiger partial charge on any atom is 0.129 e. The molecule has 94 valence electrons. The van der Waals surface area contributed by atoms with Crippen molar-refractivity contribution in [1.29, 1.82) is 0 Å². The van der Waals surface area contributed by atoms with Crippen molar-refractivity contribution in [2.24, 2.45) is 5.41 Å². The van der Waals surface area contributed by atoms with Gasteiger partial charge in [0.25, 0.3) is 0 Å². The molecule has 3 rings (SSSR count). The van der Waals surface area contributed by atoms with Gasteiger partial charge in [0.15, 0.2) is 0 Å². The first-order valence-corrected chi connectivity index (χ1v) is 6.46. The molecule has 2 aromatic rings. The third kappa shape index (κ3) is 2.03. The van der Waals surface area contributed by atoms with Gasteiger partial charge in [-0.1, -0.05) is 39.0 Å². The van der Waals surface area contributed by atoms with E-state index < -0.39 is 0 Å². The molecule has 0 saturated carbocycles. The van der Waals surface area contributed by atoms with Gasteiger partial charge < -0.3 is 9.72 Å². The van der Waals surface area contributed by atoms with Crippen LogP contribution in [0.1, 0.15) is 32.2 Å². The zero-order valence-corrected chi connectivity index (χ0v) is 11.2. The molecule has 1 aliphatic rings. The van der Waals surface area contributed by atoms with E-state index in [-0.39, 0.29) is 0 Å². The second-order valence-corrected chi connectivity index (χ2v) is 6.21. The lowest BCUT2D eigenvalue weighted by atomic mass is 9.90. The first-order chi connectivity index (χ1) is 8.53. The van der Waals surface area contributed by atoms with E-state index in [0.717, 1.165) is 12.2 Å². The van der Waals surface area contributed by atoms with E-state index in [4.69, 9.17) is 4.74 Å². The van der Waals surface area contributed by atoms with Crippen molar-refractivity contribution in [2.75, 3.05) is 0 Å². The molecule has 0 aliphatic carbocycles. The van der Waals surface area contributed by atoms with Gasteiger partial charge in [0.1, 0.15) is 12.4 Å². The first-order valence-electron chi connectivity index (χ1n) is 6.46. The number of aromatic nitrogens is 1. The van der Waals surface area contributed by atoms with Crippen molar-refractivity contribution in [1.82, 2.24) is 4.98 Å². The van der Waals surface area contributed by atoms with Gasteiger partial charge >= 0.3 is 0 Å². The maximum absolute atomic E-state index is 5.76. The third-order valence-electron chi connectivity index (χ3n) is 3.23.